The van der Waals surface area contributed by atoms with Crippen LogP contribution in [0.3, 0.4) is 0 Å². The molecule has 0 spiro atoms. The SMILES string of the molecule is CC(C)CC(O)CNC(=O)Nc1cc(F)c(N2CCCC2)c(F)c1. The van der Waals surface area contributed by atoms with Crippen LogP contribution in [-0.4, -0.2) is 36.9 Å². The number of nitrogens with zero attached hydrogens (tertiary/aromatic N) is 1. The number of halogens is 2. The maximum absolute atomic E-state index is 14.2. The summed E-state index contributed by atoms with van der Waals surface area (Å²) in [6.07, 6.45) is 1.75. The third-order valence-electron chi connectivity index (χ3n) is 3.94. The van der Waals surface area contributed by atoms with E-state index in [-0.39, 0.29) is 17.9 Å². The zero-order valence-electron chi connectivity index (χ0n) is 14.1. The number of hydrogen-bond acceptors (Lipinski definition) is 3. The quantitative estimate of drug-likeness (QED) is 0.745. The summed E-state index contributed by atoms with van der Waals surface area (Å²) in [6.45, 7) is 5.29. The normalized spacial score (nSPS) is 15.7. The van der Waals surface area contributed by atoms with E-state index in [1.54, 1.807) is 4.90 Å². The number of benzene rings is 1. The smallest absolute Gasteiger partial charge is 0.319 e. The summed E-state index contributed by atoms with van der Waals surface area (Å²) in [5.41, 5.74) is 0.00890. The molecule has 2 rings (SSSR count). The highest BCUT2D eigenvalue weighted by atomic mass is 19.1. The first-order valence-corrected chi connectivity index (χ1v) is 8.33. The minimum absolute atomic E-state index is 0.0363. The van der Waals surface area contributed by atoms with Crippen LogP contribution in [-0.2, 0) is 0 Å². The predicted molar refractivity (Wildman–Crippen MR) is 90.3 cm³/mol. The van der Waals surface area contributed by atoms with Crippen molar-refractivity contribution in [2.24, 2.45) is 5.92 Å². The van der Waals surface area contributed by atoms with Gasteiger partial charge in [0.05, 0.1) is 6.10 Å². The molecule has 1 fully saturated rings. The van der Waals surface area contributed by atoms with Crippen molar-refractivity contribution >= 4 is 17.4 Å². The van der Waals surface area contributed by atoms with Crippen molar-refractivity contribution in [3.63, 3.8) is 0 Å². The van der Waals surface area contributed by atoms with E-state index in [4.69, 9.17) is 0 Å². The Kier molecular flexibility index (Phi) is 6.36. The number of aliphatic hydroxyl groups excluding tert-OH is 1. The molecule has 24 heavy (non-hydrogen) atoms. The van der Waals surface area contributed by atoms with Gasteiger partial charge < -0.3 is 20.6 Å². The molecule has 1 unspecified atom stereocenters. The molecule has 1 aliphatic rings. The molecule has 1 aliphatic heterocycles. The maximum Gasteiger partial charge on any atom is 0.319 e. The third-order valence-corrected chi connectivity index (χ3v) is 3.94. The highest BCUT2D eigenvalue weighted by Crippen LogP contribution is 2.29. The summed E-state index contributed by atoms with van der Waals surface area (Å²) >= 11 is 0. The number of nitrogens with one attached hydrogen (secondary N) is 2. The molecule has 5 nitrogen and oxygen atoms in total. The molecule has 1 aromatic carbocycles. The van der Waals surface area contributed by atoms with Crippen LogP contribution < -0.4 is 15.5 Å². The summed E-state index contributed by atoms with van der Waals surface area (Å²) in [5.74, 6) is -1.06. The van der Waals surface area contributed by atoms with Crippen LogP contribution in [0.25, 0.3) is 0 Å². The standard InChI is InChI=1S/C17H25F2N3O2/c1-11(2)7-13(23)10-20-17(24)21-12-8-14(18)16(15(19)9-12)22-5-3-4-6-22/h8-9,11,13,23H,3-7,10H2,1-2H3,(H2,20,21,24). The van der Waals surface area contributed by atoms with Crippen LogP contribution in [0.4, 0.5) is 25.0 Å². The van der Waals surface area contributed by atoms with Gasteiger partial charge in [0.2, 0.25) is 0 Å². The Morgan fingerprint density at radius 1 is 1.25 bits per heavy atom. The van der Waals surface area contributed by atoms with Gasteiger partial charge in [-0.25, -0.2) is 13.6 Å². The topological polar surface area (TPSA) is 64.6 Å². The second-order valence-electron chi connectivity index (χ2n) is 6.60. The molecule has 0 aliphatic carbocycles. The van der Waals surface area contributed by atoms with Crippen molar-refractivity contribution in [1.29, 1.82) is 0 Å². The van der Waals surface area contributed by atoms with Crippen molar-refractivity contribution in [2.45, 2.75) is 39.2 Å². The van der Waals surface area contributed by atoms with Gasteiger partial charge in [-0.15, -0.1) is 0 Å². The number of amides is 2. The number of rotatable bonds is 6. The van der Waals surface area contributed by atoms with E-state index < -0.39 is 23.8 Å². The third kappa shape index (κ3) is 5.06. The van der Waals surface area contributed by atoms with Gasteiger partial charge in [-0.05, 0) is 37.3 Å². The number of aliphatic hydroxyl groups is 1. The number of carbonyl (C=O) groups is 1. The molecular weight excluding hydrogens is 316 g/mol. The fourth-order valence-corrected chi connectivity index (χ4v) is 2.89. The first-order chi connectivity index (χ1) is 11.4. The monoisotopic (exact) mass is 341 g/mol. The second kappa shape index (κ2) is 8.28. The molecule has 1 aromatic rings. The lowest BCUT2D eigenvalue weighted by Gasteiger charge is -2.20. The van der Waals surface area contributed by atoms with E-state index in [0.29, 0.717) is 25.4 Å². The van der Waals surface area contributed by atoms with E-state index in [0.717, 1.165) is 25.0 Å². The second-order valence-corrected chi connectivity index (χ2v) is 6.60. The van der Waals surface area contributed by atoms with Gasteiger partial charge >= 0.3 is 6.03 Å². The lowest BCUT2D eigenvalue weighted by Crippen LogP contribution is -2.35. The van der Waals surface area contributed by atoms with E-state index in [1.807, 2.05) is 13.8 Å². The largest absolute Gasteiger partial charge is 0.391 e. The summed E-state index contributed by atoms with van der Waals surface area (Å²) in [6, 6.07) is 1.62. The Balaban J connectivity index is 1.94. The first kappa shape index (κ1) is 18.4. The van der Waals surface area contributed by atoms with Crippen molar-refractivity contribution in [3.8, 4) is 0 Å². The molecule has 3 N–H and O–H groups in total. The minimum Gasteiger partial charge on any atom is -0.391 e. The lowest BCUT2D eigenvalue weighted by molar-refractivity contribution is 0.148. The molecule has 1 heterocycles. The number of hydrogen-bond donors (Lipinski definition) is 3. The molecular formula is C17H25F2N3O2. The van der Waals surface area contributed by atoms with Crippen LogP contribution in [0.15, 0.2) is 12.1 Å². The van der Waals surface area contributed by atoms with Gasteiger partial charge in [0.15, 0.2) is 11.6 Å². The predicted octanol–water partition coefficient (Wildman–Crippen LogP) is 3.09. The first-order valence-electron chi connectivity index (χ1n) is 8.33. The Morgan fingerprint density at radius 3 is 2.38 bits per heavy atom. The molecule has 0 saturated carbocycles. The van der Waals surface area contributed by atoms with E-state index in [2.05, 4.69) is 10.6 Å². The van der Waals surface area contributed by atoms with Gasteiger partial charge in [-0.1, -0.05) is 13.8 Å². The van der Waals surface area contributed by atoms with Gasteiger partial charge in [0, 0.05) is 25.3 Å². The molecule has 7 heteroatoms. The number of carbonyl (C=O) groups excluding carboxylic acids is 1. The van der Waals surface area contributed by atoms with Crippen molar-refractivity contribution in [3.05, 3.63) is 23.8 Å². The van der Waals surface area contributed by atoms with Crippen LogP contribution in [0.2, 0.25) is 0 Å². The highest BCUT2D eigenvalue weighted by Gasteiger charge is 2.21. The van der Waals surface area contributed by atoms with Gasteiger partial charge in [0.25, 0.3) is 0 Å². The Morgan fingerprint density at radius 2 is 1.83 bits per heavy atom. The fraction of sp³-hybridized carbons (Fsp3) is 0.588. The molecule has 1 atom stereocenters. The van der Waals surface area contributed by atoms with E-state index >= 15 is 0 Å². The summed E-state index contributed by atoms with van der Waals surface area (Å²) in [4.78, 5) is 13.5. The number of anilines is 2. The average molecular weight is 341 g/mol. The average Bonchev–Trinajstić information content (AvgIpc) is 2.97. The molecule has 134 valence electrons. The van der Waals surface area contributed by atoms with Gasteiger partial charge in [-0.3, -0.25) is 0 Å². The molecule has 0 bridgehead atoms. The summed E-state index contributed by atoms with van der Waals surface area (Å²) in [5, 5.41) is 14.6. The molecule has 1 saturated heterocycles. The molecule has 0 aromatic heterocycles. The minimum atomic E-state index is -0.688. The Hall–Kier alpha value is -1.89. The van der Waals surface area contributed by atoms with Crippen LogP contribution >= 0.6 is 0 Å². The maximum atomic E-state index is 14.2. The van der Waals surface area contributed by atoms with Crippen molar-refractivity contribution in [1.82, 2.24) is 5.32 Å². The fourth-order valence-electron chi connectivity index (χ4n) is 2.89. The van der Waals surface area contributed by atoms with Crippen molar-refractivity contribution < 1.29 is 18.7 Å². The van der Waals surface area contributed by atoms with E-state index in [1.165, 1.54) is 0 Å². The van der Waals surface area contributed by atoms with Crippen LogP contribution in [0.5, 0.6) is 0 Å². The zero-order chi connectivity index (χ0) is 17.7. The summed E-state index contributed by atoms with van der Waals surface area (Å²) < 4.78 is 28.4. The summed E-state index contributed by atoms with van der Waals surface area (Å²) in [7, 11) is 0. The molecule has 0 radical (unpaired) electrons. The Bertz CT molecular complexity index is 552. The van der Waals surface area contributed by atoms with Gasteiger partial charge in [-0.2, -0.15) is 0 Å². The number of urea groups is 1. The molecule has 2 amide bonds. The van der Waals surface area contributed by atoms with Gasteiger partial charge in [0.1, 0.15) is 5.69 Å². The van der Waals surface area contributed by atoms with Crippen molar-refractivity contribution in [2.75, 3.05) is 29.9 Å². The highest BCUT2D eigenvalue weighted by molar-refractivity contribution is 5.89. The van der Waals surface area contributed by atoms with Crippen LogP contribution in [0.1, 0.15) is 33.1 Å². The zero-order valence-corrected chi connectivity index (χ0v) is 14.1. The lowest BCUT2D eigenvalue weighted by atomic mass is 10.1. The Labute approximate surface area is 141 Å². The van der Waals surface area contributed by atoms with Crippen LogP contribution in [0, 0.1) is 17.6 Å². The van der Waals surface area contributed by atoms with E-state index in [9.17, 15) is 18.7 Å².